The van der Waals surface area contributed by atoms with E-state index < -0.39 is 10.0 Å². The van der Waals surface area contributed by atoms with E-state index in [9.17, 15) is 13.2 Å². The first-order chi connectivity index (χ1) is 14.8. The number of hydrogen-bond acceptors (Lipinski definition) is 4. The van der Waals surface area contributed by atoms with Crippen molar-refractivity contribution in [3.63, 3.8) is 0 Å². The summed E-state index contributed by atoms with van der Waals surface area (Å²) in [6.07, 6.45) is 3.63. The number of aryl methyl sites for hydroxylation is 3. The summed E-state index contributed by atoms with van der Waals surface area (Å²) in [6, 6.07) is 13.7. The number of benzene rings is 2. The Labute approximate surface area is 186 Å². The first-order valence-corrected chi connectivity index (χ1v) is 12.7. The molecular weight excluding hydrogens is 412 g/mol. The number of rotatable bonds is 12. The molecule has 0 aliphatic rings. The van der Waals surface area contributed by atoms with Crippen LogP contribution in [0.5, 0.6) is 5.75 Å². The molecule has 0 heterocycles. The number of nitrogens with one attached hydrogen (secondary N) is 1. The summed E-state index contributed by atoms with van der Waals surface area (Å²) in [4.78, 5) is 12.2. The minimum atomic E-state index is -3.45. The van der Waals surface area contributed by atoms with Gasteiger partial charge in [-0.25, -0.2) is 8.42 Å². The smallest absolute Gasteiger partial charge is 0.232 e. The van der Waals surface area contributed by atoms with Gasteiger partial charge in [0.05, 0.1) is 18.5 Å². The van der Waals surface area contributed by atoms with Gasteiger partial charge in [0.25, 0.3) is 0 Å². The van der Waals surface area contributed by atoms with Crippen molar-refractivity contribution in [3.05, 3.63) is 59.2 Å². The van der Waals surface area contributed by atoms with Gasteiger partial charge in [-0.3, -0.25) is 9.10 Å². The third kappa shape index (κ3) is 7.58. The molecule has 0 aromatic heterocycles. The highest BCUT2D eigenvalue weighted by molar-refractivity contribution is 7.92. The minimum absolute atomic E-state index is 0.112. The quantitative estimate of drug-likeness (QED) is 0.502. The molecule has 2 aromatic carbocycles. The van der Waals surface area contributed by atoms with Crippen LogP contribution >= 0.6 is 0 Å². The summed E-state index contributed by atoms with van der Waals surface area (Å²) in [7, 11) is -3.45. The highest BCUT2D eigenvalue weighted by Gasteiger charge is 2.21. The highest BCUT2D eigenvalue weighted by atomic mass is 32.2. The molecule has 2 rings (SSSR count). The van der Waals surface area contributed by atoms with Crippen LogP contribution in [0.4, 0.5) is 5.69 Å². The van der Waals surface area contributed by atoms with Crippen molar-refractivity contribution < 1.29 is 17.9 Å². The fraction of sp³-hybridized carbons (Fsp3) is 0.458. The fourth-order valence-corrected chi connectivity index (χ4v) is 4.51. The number of sulfonamides is 1. The van der Waals surface area contributed by atoms with E-state index in [0.717, 1.165) is 35.4 Å². The highest BCUT2D eigenvalue weighted by Crippen LogP contribution is 2.28. The molecule has 1 N–H and O–H groups in total. The maximum Gasteiger partial charge on any atom is 0.232 e. The number of anilines is 1. The first kappa shape index (κ1) is 24.7. The largest absolute Gasteiger partial charge is 0.492 e. The Morgan fingerprint density at radius 2 is 1.77 bits per heavy atom. The topological polar surface area (TPSA) is 75.7 Å². The molecule has 0 aliphatic heterocycles. The molecule has 0 fully saturated rings. The lowest BCUT2D eigenvalue weighted by atomic mass is 10.1. The average molecular weight is 447 g/mol. The second kappa shape index (κ2) is 11.7. The zero-order valence-electron chi connectivity index (χ0n) is 19.0. The number of ether oxygens (including phenoxy) is 1. The Hall–Kier alpha value is -2.54. The summed E-state index contributed by atoms with van der Waals surface area (Å²) in [5, 5.41) is 2.83. The summed E-state index contributed by atoms with van der Waals surface area (Å²) >= 11 is 0. The van der Waals surface area contributed by atoms with Crippen molar-refractivity contribution in [2.75, 3.05) is 30.3 Å². The van der Waals surface area contributed by atoms with Crippen LogP contribution in [0.15, 0.2) is 42.5 Å². The van der Waals surface area contributed by atoms with Crippen LogP contribution in [0.3, 0.4) is 0 Å². The third-order valence-electron chi connectivity index (χ3n) is 5.14. The maximum atomic E-state index is 12.4. The molecule has 31 heavy (non-hydrogen) atoms. The Morgan fingerprint density at radius 1 is 1.06 bits per heavy atom. The fourth-order valence-electron chi connectivity index (χ4n) is 3.46. The van der Waals surface area contributed by atoms with Crippen molar-refractivity contribution in [2.24, 2.45) is 0 Å². The summed E-state index contributed by atoms with van der Waals surface area (Å²) in [6.45, 7) is 7.08. The third-order valence-corrected chi connectivity index (χ3v) is 6.31. The molecule has 0 spiro atoms. The maximum absolute atomic E-state index is 12.4. The predicted octanol–water partition coefficient (Wildman–Crippen LogP) is 3.86. The second-order valence-corrected chi connectivity index (χ2v) is 9.48. The molecule has 0 unspecified atom stereocenters. The van der Waals surface area contributed by atoms with Gasteiger partial charge >= 0.3 is 0 Å². The van der Waals surface area contributed by atoms with E-state index >= 15 is 0 Å². The minimum Gasteiger partial charge on any atom is -0.492 e. The van der Waals surface area contributed by atoms with Crippen LogP contribution < -0.4 is 14.4 Å². The molecule has 1 amide bonds. The van der Waals surface area contributed by atoms with E-state index in [2.05, 4.69) is 12.2 Å². The van der Waals surface area contributed by atoms with Gasteiger partial charge in [0.15, 0.2) is 0 Å². The number of amides is 1. The summed E-state index contributed by atoms with van der Waals surface area (Å²) in [5.41, 5.74) is 3.88. The Morgan fingerprint density at radius 3 is 2.39 bits per heavy atom. The van der Waals surface area contributed by atoms with Gasteiger partial charge in [0.1, 0.15) is 12.4 Å². The molecule has 7 heteroatoms. The van der Waals surface area contributed by atoms with Crippen molar-refractivity contribution in [1.29, 1.82) is 0 Å². The zero-order chi connectivity index (χ0) is 22.9. The van der Waals surface area contributed by atoms with Crippen LogP contribution in [0.2, 0.25) is 0 Å². The number of nitrogens with zero attached hydrogens (tertiary/aromatic N) is 1. The lowest BCUT2D eigenvalue weighted by Crippen LogP contribution is -2.34. The molecule has 0 atom stereocenters. The second-order valence-electron chi connectivity index (χ2n) is 7.57. The van der Waals surface area contributed by atoms with Crippen molar-refractivity contribution in [3.8, 4) is 5.75 Å². The van der Waals surface area contributed by atoms with Crippen LogP contribution in [0.1, 0.15) is 43.4 Å². The van der Waals surface area contributed by atoms with Gasteiger partial charge in [-0.2, -0.15) is 0 Å². The van der Waals surface area contributed by atoms with Crippen molar-refractivity contribution >= 4 is 21.6 Å². The molecule has 6 nitrogen and oxygen atoms in total. The lowest BCUT2D eigenvalue weighted by molar-refractivity contribution is -0.121. The van der Waals surface area contributed by atoms with Crippen molar-refractivity contribution in [1.82, 2.24) is 5.32 Å². The Kier molecular flexibility index (Phi) is 9.37. The van der Waals surface area contributed by atoms with Crippen molar-refractivity contribution in [2.45, 2.75) is 46.5 Å². The molecule has 0 saturated heterocycles. The SMILES string of the molecule is CCc1ccc(OCCNC(=O)CCCN(c2c(C)cccc2CC)S(C)(=O)=O)cc1. The van der Waals surface area contributed by atoms with Gasteiger partial charge < -0.3 is 10.1 Å². The van der Waals surface area contributed by atoms with E-state index in [1.165, 1.54) is 16.1 Å². The molecule has 0 bridgehead atoms. The van der Waals surface area contributed by atoms with Gasteiger partial charge in [-0.1, -0.05) is 44.2 Å². The van der Waals surface area contributed by atoms with E-state index in [0.29, 0.717) is 19.6 Å². The summed E-state index contributed by atoms with van der Waals surface area (Å²) in [5.74, 6) is 0.666. The molecule has 0 saturated carbocycles. The van der Waals surface area contributed by atoms with E-state index in [1.807, 2.05) is 56.3 Å². The first-order valence-electron chi connectivity index (χ1n) is 10.8. The normalized spacial score (nSPS) is 11.2. The standard InChI is InChI=1S/C24H34N2O4S/c1-5-20-12-14-22(15-13-20)30-18-16-25-23(27)11-8-17-26(31(4,28)29)24-19(3)9-7-10-21(24)6-2/h7,9-10,12-15H,5-6,8,11,16-18H2,1-4H3,(H,25,27). The number of carbonyl (C=O) groups is 1. The van der Waals surface area contributed by atoms with Crippen LogP contribution in [-0.2, 0) is 27.7 Å². The Balaban J connectivity index is 1.82. The van der Waals surface area contributed by atoms with Crippen LogP contribution in [0, 0.1) is 6.92 Å². The molecular formula is C24H34N2O4S. The van der Waals surface area contributed by atoms with E-state index in [-0.39, 0.29) is 18.9 Å². The van der Waals surface area contributed by atoms with Gasteiger partial charge in [-0.05, 0) is 55.0 Å². The molecule has 170 valence electrons. The van der Waals surface area contributed by atoms with Gasteiger partial charge in [0.2, 0.25) is 15.9 Å². The molecule has 0 radical (unpaired) electrons. The zero-order valence-corrected chi connectivity index (χ0v) is 19.8. The number of hydrogen-bond donors (Lipinski definition) is 1. The molecule has 2 aromatic rings. The van der Waals surface area contributed by atoms with Gasteiger partial charge in [0, 0.05) is 13.0 Å². The monoisotopic (exact) mass is 446 g/mol. The summed E-state index contributed by atoms with van der Waals surface area (Å²) < 4.78 is 31.9. The predicted molar refractivity (Wildman–Crippen MR) is 126 cm³/mol. The Bertz CT molecular complexity index is 956. The van der Waals surface area contributed by atoms with E-state index in [4.69, 9.17) is 4.74 Å². The lowest BCUT2D eigenvalue weighted by Gasteiger charge is -2.26. The van der Waals surface area contributed by atoms with Crippen LogP contribution in [0.25, 0.3) is 0 Å². The van der Waals surface area contributed by atoms with Crippen LogP contribution in [-0.4, -0.2) is 40.3 Å². The number of carbonyl (C=O) groups excluding carboxylic acids is 1. The average Bonchev–Trinajstić information content (AvgIpc) is 2.74. The van der Waals surface area contributed by atoms with Gasteiger partial charge in [-0.15, -0.1) is 0 Å². The molecule has 0 aliphatic carbocycles. The number of para-hydroxylation sites is 1. The van der Waals surface area contributed by atoms with E-state index in [1.54, 1.807) is 0 Å².